The van der Waals surface area contributed by atoms with Gasteiger partial charge in [0.2, 0.25) is 5.95 Å². The largest absolute Gasteiger partial charge is 0.341 e. The first-order valence-corrected chi connectivity index (χ1v) is 9.99. The van der Waals surface area contributed by atoms with E-state index in [1.807, 2.05) is 0 Å². The minimum atomic E-state index is 0.605. The number of hydrogen-bond acceptors (Lipinski definition) is 6. The zero-order valence-corrected chi connectivity index (χ0v) is 14.4. The van der Waals surface area contributed by atoms with Crippen LogP contribution in [-0.4, -0.2) is 37.2 Å². The summed E-state index contributed by atoms with van der Waals surface area (Å²) in [5.74, 6) is 1.93. The van der Waals surface area contributed by atoms with Crippen LogP contribution < -0.4 is 4.90 Å². The lowest BCUT2D eigenvalue weighted by Gasteiger charge is -2.17. The molecule has 4 heterocycles. The number of rotatable bonds is 5. The molecule has 6 nitrogen and oxygen atoms in total. The van der Waals surface area contributed by atoms with Crippen molar-refractivity contribution in [3.63, 3.8) is 0 Å². The lowest BCUT2D eigenvalue weighted by Crippen LogP contribution is -2.22. The average molecular weight is 346 g/mol. The molecule has 0 atom stereocenters. The molecule has 0 radical (unpaired) electrons. The molecular weight excluding hydrogens is 328 g/mol. The Morgan fingerprint density at radius 2 is 2.09 bits per heavy atom. The summed E-state index contributed by atoms with van der Waals surface area (Å²) >= 11 is 3.43. The molecule has 3 aromatic heterocycles. The van der Waals surface area contributed by atoms with Gasteiger partial charge in [-0.2, -0.15) is 0 Å². The van der Waals surface area contributed by atoms with Crippen LogP contribution in [0.15, 0.2) is 22.9 Å². The number of aromatic nitrogens is 5. The summed E-state index contributed by atoms with van der Waals surface area (Å²) < 4.78 is 4.45. The van der Waals surface area contributed by atoms with Gasteiger partial charge in [-0.3, -0.25) is 8.97 Å². The summed E-state index contributed by atoms with van der Waals surface area (Å²) in [7, 11) is 0. The molecule has 2 aliphatic rings. The van der Waals surface area contributed by atoms with Crippen LogP contribution in [0.4, 0.5) is 5.95 Å². The van der Waals surface area contributed by atoms with Crippen LogP contribution >= 0.6 is 23.1 Å². The molecule has 1 saturated heterocycles. The first-order valence-electron chi connectivity index (χ1n) is 8.12. The SMILES string of the molecule is c1cn2cc(CSc3nnc(N4CCCC4)n3C3CC3)nc2s1. The predicted octanol–water partition coefficient (Wildman–Crippen LogP) is 3.21. The highest BCUT2D eigenvalue weighted by Gasteiger charge is 2.32. The Hall–Kier alpha value is -1.54. The molecule has 5 rings (SSSR count). The average Bonchev–Trinajstić information content (AvgIpc) is 2.99. The van der Waals surface area contributed by atoms with E-state index < -0.39 is 0 Å². The summed E-state index contributed by atoms with van der Waals surface area (Å²) in [6, 6.07) is 0.605. The van der Waals surface area contributed by atoms with Crippen LogP contribution in [0.2, 0.25) is 0 Å². The molecule has 0 spiro atoms. The molecule has 3 aromatic rings. The molecule has 120 valence electrons. The Balaban J connectivity index is 1.38. The lowest BCUT2D eigenvalue weighted by molar-refractivity contribution is 0.651. The van der Waals surface area contributed by atoms with E-state index in [4.69, 9.17) is 0 Å². The summed E-state index contributed by atoms with van der Waals surface area (Å²) in [5.41, 5.74) is 1.11. The van der Waals surface area contributed by atoms with Crippen molar-refractivity contribution in [1.82, 2.24) is 24.1 Å². The van der Waals surface area contributed by atoms with E-state index in [1.54, 1.807) is 23.1 Å². The summed E-state index contributed by atoms with van der Waals surface area (Å²) in [5, 5.41) is 12.1. The second-order valence-corrected chi connectivity index (χ2v) is 8.01. The van der Waals surface area contributed by atoms with Gasteiger partial charge in [0.15, 0.2) is 10.1 Å². The van der Waals surface area contributed by atoms with Gasteiger partial charge in [0.05, 0.1) is 5.69 Å². The zero-order chi connectivity index (χ0) is 15.2. The molecule has 0 amide bonds. The fourth-order valence-electron chi connectivity index (χ4n) is 3.14. The van der Waals surface area contributed by atoms with Gasteiger partial charge >= 0.3 is 0 Å². The highest BCUT2D eigenvalue weighted by Crippen LogP contribution is 2.41. The van der Waals surface area contributed by atoms with E-state index in [1.165, 1.54) is 25.7 Å². The summed E-state index contributed by atoms with van der Waals surface area (Å²) in [4.78, 5) is 8.10. The fourth-order valence-corrected chi connectivity index (χ4v) is 4.74. The van der Waals surface area contributed by atoms with Crippen molar-refractivity contribution >= 4 is 34.0 Å². The van der Waals surface area contributed by atoms with Crippen LogP contribution in [0.3, 0.4) is 0 Å². The van der Waals surface area contributed by atoms with Crippen LogP contribution in [0.5, 0.6) is 0 Å². The number of fused-ring (bicyclic) bond motifs is 1. The van der Waals surface area contributed by atoms with Gasteiger partial charge in [0, 0.05) is 42.7 Å². The van der Waals surface area contributed by atoms with E-state index in [0.717, 1.165) is 40.6 Å². The molecule has 1 aliphatic carbocycles. The number of thiazole rings is 1. The smallest absolute Gasteiger partial charge is 0.228 e. The first kappa shape index (κ1) is 13.9. The van der Waals surface area contributed by atoms with Crippen molar-refractivity contribution in [2.45, 2.75) is 42.6 Å². The second kappa shape index (κ2) is 5.52. The number of imidazole rings is 1. The molecular formula is C15H18N6S2. The molecule has 0 unspecified atom stereocenters. The highest BCUT2D eigenvalue weighted by molar-refractivity contribution is 7.98. The van der Waals surface area contributed by atoms with Gasteiger partial charge in [-0.05, 0) is 25.7 Å². The Labute approximate surface area is 142 Å². The third kappa shape index (κ3) is 2.53. The van der Waals surface area contributed by atoms with E-state index in [-0.39, 0.29) is 0 Å². The number of thioether (sulfide) groups is 1. The third-order valence-corrected chi connectivity index (χ3v) is 6.19. The van der Waals surface area contributed by atoms with Gasteiger partial charge < -0.3 is 4.90 Å². The zero-order valence-electron chi connectivity index (χ0n) is 12.8. The first-order chi connectivity index (χ1) is 11.4. The maximum absolute atomic E-state index is 4.65. The molecule has 8 heteroatoms. The van der Waals surface area contributed by atoms with Gasteiger partial charge in [-0.25, -0.2) is 4.98 Å². The monoisotopic (exact) mass is 346 g/mol. The van der Waals surface area contributed by atoms with E-state index >= 15 is 0 Å². The van der Waals surface area contributed by atoms with Crippen LogP contribution in [0.1, 0.15) is 37.4 Å². The Kier molecular flexibility index (Phi) is 3.33. The van der Waals surface area contributed by atoms with Crippen molar-refractivity contribution in [3.8, 4) is 0 Å². The van der Waals surface area contributed by atoms with Crippen molar-refractivity contribution < 1.29 is 0 Å². The summed E-state index contributed by atoms with van der Waals surface area (Å²) in [6.45, 7) is 2.24. The van der Waals surface area contributed by atoms with Gasteiger partial charge in [-0.1, -0.05) is 11.8 Å². The molecule has 2 fully saturated rings. The fraction of sp³-hybridized carbons (Fsp3) is 0.533. The van der Waals surface area contributed by atoms with Gasteiger partial charge in [0.1, 0.15) is 0 Å². The van der Waals surface area contributed by atoms with E-state index in [0.29, 0.717) is 6.04 Å². The van der Waals surface area contributed by atoms with Crippen molar-refractivity contribution in [2.75, 3.05) is 18.0 Å². The Bertz CT molecular complexity index is 796. The number of anilines is 1. The quantitative estimate of drug-likeness (QED) is 0.664. The number of nitrogens with zero attached hydrogens (tertiary/aromatic N) is 6. The minimum absolute atomic E-state index is 0.605. The molecule has 0 bridgehead atoms. The molecule has 0 aromatic carbocycles. The maximum atomic E-state index is 4.65. The van der Waals surface area contributed by atoms with E-state index in [2.05, 4.69) is 46.8 Å². The van der Waals surface area contributed by atoms with Crippen LogP contribution in [0, 0.1) is 0 Å². The minimum Gasteiger partial charge on any atom is -0.341 e. The molecule has 1 aliphatic heterocycles. The third-order valence-electron chi connectivity index (χ3n) is 4.44. The standard InChI is InChI=1S/C15H18N6S2/c1-2-6-19(5-1)13-17-18-15(21(13)12-3-4-12)23-10-11-9-20-7-8-22-14(20)16-11/h7-9,12H,1-6,10H2. The summed E-state index contributed by atoms with van der Waals surface area (Å²) in [6.07, 6.45) is 9.22. The Morgan fingerprint density at radius 3 is 2.87 bits per heavy atom. The lowest BCUT2D eigenvalue weighted by atomic mass is 10.4. The van der Waals surface area contributed by atoms with Crippen molar-refractivity contribution in [3.05, 3.63) is 23.5 Å². The molecule has 1 saturated carbocycles. The Morgan fingerprint density at radius 1 is 1.22 bits per heavy atom. The van der Waals surface area contributed by atoms with Gasteiger partial charge in [-0.15, -0.1) is 21.5 Å². The second-order valence-electron chi connectivity index (χ2n) is 6.19. The van der Waals surface area contributed by atoms with Gasteiger partial charge in [0.25, 0.3) is 0 Å². The molecule has 23 heavy (non-hydrogen) atoms. The normalized spacial score (nSPS) is 18.3. The van der Waals surface area contributed by atoms with E-state index in [9.17, 15) is 0 Å². The maximum Gasteiger partial charge on any atom is 0.228 e. The van der Waals surface area contributed by atoms with Crippen LogP contribution in [-0.2, 0) is 5.75 Å². The van der Waals surface area contributed by atoms with Crippen molar-refractivity contribution in [1.29, 1.82) is 0 Å². The number of hydrogen-bond donors (Lipinski definition) is 0. The predicted molar refractivity (Wildman–Crippen MR) is 92.4 cm³/mol. The van der Waals surface area contributed by atoms with Crippen LogP contribution in [0.25, 0.3) is 4.96 Å². The molecule has 0 N–H and O–H groups in total. The highest BCUT2D eigenvalue weighted by atomic mass is 32.2. The topological polar surface area (TPSA) is 51.2 Å². The van der Waals surface area contributed by atoms with Crippen molar-refractivity contribution in [2.24, 2.45) is 0 Å².